The summed E-state index contributed by atoms with van der Waals surface area (Å²) in [5.41, 5.74) is 5.92. The van der Waals surface area contributed by atoms with Crippen LogP contribution < -0.4 is 5.73 Å². The standard InChI is InChI=1S/C13H26N2/c1-2-11-4-3-8-15(9-7-11)13(10-14)12-5-6-12/h11-13H,2-10,14H2,1H3. The van der Waals surface area contributed by atoms with Crippen LogP contribution in [-0.2, 0) is 0 Å². The number of likely N-dealkylation sites (tertiary alicyclic amines) is 1. The minimum Gasteiger partial charge on any atom is -0.329 e. The van der Waals surface area contributed by atoms with Gasteiger partial charge in [-0.25, -0.2) is 0 Å². The minimum atomic E-state index is 0.709. The van der Waals surface area contributed by atoms with Crippen molar-refractivity contribution < 1.29 is 0 Å². The van der Waals surface area contributed by atoms with Gasteiger partial charge in [0.25, 0.3) is 0 Å². The first-order valence-corrected chi connectivity index (χ1v) is 6.79. The van der Waals surface area contributed by atoms with Crippen molar-refractivity contribution in [3.8, 4) is 0 Å². The van der Waals surface area contributed by atoms with E-state index >= 15 is 0 Å². The molecule has 0 spiro atoms. The van der Waals surface area contributed by atoms with Gasteiger partial charge in [-0.2, -0.15) is 0 Å². The Morgan fingerprint density at radius 1 is 1.20 bits per heavy atom. The summed E-state index contributed by atoms with van der Waals surface area (Å²) in [6.07, 6.45) is 8.45. The predicted octanol–water partition coefficient (Wildman–Crippen LogP) is 2.24. The molecule has 0 amide bonds. The Hall–Kier alpha value is -0.0800. The molecule has 2 rings (SSSR count). The molecular weight excluding hydrogens is 184 g/mol. The van der Waals surface area contributed by atoms with Gasteiger partial charge in [-0.15, -0.1) is 0 Å². The molecule has 0 aromatic carbocycles. The number of hydrogen-bond acceptors (Lipinski definition) is 2. The molecule has 2 unspecified atom stereocenters. The van der Waals surface area contributed by atoms with E-state index in [9.17, 15) is 0 Å². The molecule has 1 aliphatic carbocycles. The fourth-order valence-corrected chi connectivity index (χ4v) is 3.05. The van der Waals surface area contributed by atoms with Crippen LogP contribution in [0.5, 0.6) is 0 Å². The number of nitrogens with zero attached hydrogens (tertiary/aromatic N) is 1. The molecule has 1 aliphatic heterocycles. The van der Waals surface area contributed by atoms with Gasteiger partial charge in [-0.1, -0.05) is 13.3 Å². The first-order valence-electron chi connectivity index (χ1n) is 6.79. The molecule has 2 fully saturated rings. The zero-order chi connectivity index (χ0) is 10.7. The summed E-state index contributed by atoms with van der Waals surface area (Å²) in [5.74, 6) is 1.92. The largest absolute Gasteiger partial charge is 0.329 e. The van der Waals surface area contributed by atoms with Crippen LogP contribution in [0.15, 0.2) is 0 Å². The summed E-state index contributed by atoms with van der Waals surface area (Å²) in [7, 11) is 0. The van der Waals surface area contributed by atoms with Crippen LogP contribution in [0, 0.1) is 11.8 Å². The Balaban J connectivity index is 1.85. The molecule has 0 aromatic heterocycles. The van der Waals surface area contributed by atoms with Gasteiger partial charge >= 0.3 is 0 Å². The molecular formula is C13H26N2. The van der Waals surface area contributed by atoms with Crippen LogP contribution in [0.25, 0.3) is 0 Å². The highest BCUT2D eigenvalue weighted by molar-refractivity contribution is 4.89. The van der Waals surface area contributed by atoms with Crippen molar-refractivity contribution in [1.29, 1.82) is 0 Å². The van der Waals surface area contributed by atoms with E-state index in [1.807, 2.05) is 0 Å². The molecule has 1 heterocycles. The van der Waals surface area contributed by atoms with Gasteiger partial charge in [0.2, 0.25) is 0 Å². The summed E-state index contributed by atoms with van der Waals surface area (Å²) in [6, 6.07) is 0.709. The highest BCUT2D eigenvalue weighted by Crippen LogP contribution is 2.36. The second-order valence-corrected chi connectivity index (χ2v) is 5.38. The Bertz CT molecular complexity index is 189. The second kappa shape index (κ2) is 5.31. The molecule has 2 aliphatic rings. The minimum absolute atomic E-state index is 0.709. The van der Waals surface area contributed by atoms with Crippen molar-refractivity contribution in [1.82, 2.24) is 4.90 Å². The second-order valence-electron chi connectivity index (χ2n) is 5.38. The van der Waals surface area contributed by atoms with Crippen molar-refractivity contribution >= 4 is 0 Å². The maximum Gasteiger partial charge on any atom is 0.0246 e. The quantitative estimate of drug-likeness (QED) is 0.771. The monoisotopic (exact) mass is 210 g/mol. The zero-order valence-electron chi connectivity index (χ0n) is 10.1. The Labute approximate surface area is 94.2 Å². The Kier molecular flexibility index (Phi) is 4.04. The summed E-state index contributed by atoms with van der Waals surface area (Å²) in [5, 5.41) is 0. The fraction of sp³-hybridized carbons (Fsp3) is 1.00. The molecule has 2 nitrogen and oxygen atoms in total. The van der Waals surface area contributed by atoms with Gasteiger partial charge in [-0.3, -0.25) is 4.90 Å². The van der Waals surface area contributed by atoms with Gasteiger partial charge in [0.1, 0.15) is 0 Å². The predicted molar refractivity (Wildman–Crippen MR) is 64.8 cm³/mol. The highest BCUT2D eigenvalue weighted by Gasteiger charge is 2.34. The van der Waals surface area contributed by atoms with Crippen LogP contribution in [0.2, 0.25) is 0 Å². The molecule has 2 atom stereocenters. The molecule has 2 N–H and O–H groups in total. The average Bonchev–Trinajstić information content (AvgIpc) is 3.06. The topological polar surface area (TPSA) is 29.3 Å². The third-order valence-corrected chi connectivity index (χ3v) is 4.34. The maximum atomic E-state index is 5.92. The van der Waals surface area contributed by atoms with E-state index in [1.54, 1.807) is 0 Å². The van der Waals surface area contributed by atoms with Crippen molar-refractivity contribution in [2.45, 2.75) is 51.5 Å². The van der Waals surface area contributed by atoms with Crippen LogP contribution in [0.1, 0.15) is 45.4 Å². The smallest absolute Gasteiger partial charge is 0.0246 e. The van der Waals surface area contributed by atoms with Crippen LogP contribution >= 0.6 is 0 Å². The van der Waals surface area contributed by atoms with E-state index in [2.05, 4.69) is 11.8 Å². The summed E-state index contributed by atoms with van der Waals surface area (Å²) in [4.78, 5) is 2.69. The third-order valence-electron chi connectivity index (χ3n) is 4.34. The van der Waals surface area contributed by atoms with E-state index in [4.69, 9.17) is 5.73 Å². The summed E-state index contributed by atoms with van der Waals surface area (Å²) < 4.78 is 0. The van der Waals surface area contributed by atoms with Crippen LogP contribution in [0.3, 0.4) is 0 Å². The average molecular weight is 210 g/mol. The normalized spacial score (nSPS) is 31.2. The van der Waals surface area contributed by atoms with E-state index in [0.717, 1.165) is 18.4 Å². The lowest BCUT2D eigenvalue weighted by atomic mass is 9.98. The molecule has 1 saturated heterocycles. The van der Waals surface area contributed by atoms with E-state index in [-0.39, 0.29) is 0 Å². The van der Waals surface area contributed by atoms with Crippen LogP contribution in [-0.4, -0.2) is 30.6 Å². The van der Waals surface area contributed by atoms with Crippen molar-refractivity contribution in [3.05, 3.63) is 0 Å². The van der Waals surface area contributed by atoms with Crippen LogP contribution in [0.4, 0.5) is 0 Å². The lowest BCUT2D eigenvalue weighted by Gasteiger charge is -2.29. The molecule has 0 radical (unpaired) electrons. The first-order chi connectivity index (χ1) is 7.35. The Morgan fingerprint density at radius 3 is 2.60 bits per heavy atom. The lowest BCUT2D eigenvalue weighted by Crippen LogP contribution is -2.42. The first kappa shape index (κ1) is 11.4. The lowest BCUT2D eigenvalue weighted by molar-refractivity contribution is 0.185. The number of hydrogen-bond donors (Lipinski definition) is 1. The molecule has 0 bridgehead atoms. The van der Waals surface area contributed by atoms with E-state index < -0.39 is 0 Å². The Morgan fingerprint density at radius 2 is 2.00 bits per heavy atom. The molecule has 0 aromatic rings. The SMILES string of the molecule is CCC1CCCN(C(CN)C2CC2)CC1. The molecule has 88 valence electrons. The maximum absolute atomic E-state index is 5.92. The van der Waals surface area contributed by atoms with Crippen molar-refractivity contribution in [2.75, 3.05) is 19.6 Å². The molecule has 15 heavy (non-hydrogen) atoms. The van der Waals surface area contributed by atoms with Gasteiger partial charge < -0.3 is 5.73 Å². The molecule has 2 heteroatoms. The van der Waals surface area contributed by atoms with E-state index in [0.29, 0.717) is 6.04 Å². The van der Waals surface area contributed by atoms with Gasteiger partial charge in [0.05, 0.1) is 0 Å². The van der Waals surface area contributed by atoms with Crippen molar-refractivity contribution in [3.63, 3.8) is 0 Å². The number of nitrogens with two attached hydrogens (primary N) is 1. The van der Waals surface area contributed by atoms with E-state index in [1.165, 1.54) is 51.6 Å². The highest BCUT2D eigenvalue weighted by atomic mass is 15.2. The van der Waals surface area contributed by atoms with Gasteiger partial charge in [0, 0.05) is 12.6 Å². The summed E-state index contributed by atoms with van der Waals surface area (Å²) in [6.45, 7) is 5.81. The summed E-state index contributed by atoms with van der Waals surface area (Å²) >= 11 is 0. The van der Waals surface area contributed by atoms with Gasteiger partial charge in [-0.05, 0) is 57.0 Å². The molecule has 1 saturated carbocycles. The van der Waals surface area contributed by atoms with Gasteiger partial charge in [0.15, 0.2) is 0 Å². The number of rotatable bonds is 4. The zero-order valence-corrected chi connectivity index (χ0v) is 10.1. The van der Waals surface area contributed by atoms with Crippen molar-refractivity contribution in [2.24, 2.45) is 17.6 Å². The third kappa shape index (κ3) is 2.94. The fourth-order valence-electron chi connectivity index (χ4n) is 3.05.